The molecule has 0 aliphatic carbocycles. The predicted molar refractivity (Wildman–Crippen MR) is 83.7 cm³/mol. The minimum Gasteiger partial charge on any atom is -0.415 e. The van der Waals surface area contributed by atoms with E-state index in [-0.39, 0.29) is 0 Å². The highest BCUT2D eigenvalue weighted by Gasteiger charge is 2.18. The van der Waals surface area contributed by atoms with E-state index in [1.165, 1.54) is 0 Å². The molecule has 1 aromatic carbocycles. The lowest BCUT2D eigenvalue weighted by Crippen LogP contribution is -1.88. The van der Waals surface area contributed by atoms with Gasteiger partial charge in [-0.05, 0) is 31.2 Å². The Balaban J connectivity index is 1.88. The first-order valence-electron chi connectivity index (χ1n) is 6.76. The molecule has 0 spiro atoms. The lowest BCUT2D eigenvalue weighted by atomic mass is 10.2. The maximum atomic E-state index is 6.17. The lowest BCUT2D eigenvalue weighted by molar-refractivity contribution is 0.581. The molecule has 0 aliphatic heterocycles. The quantitative estimate of drug-likeness (QED) is 0.561. The van der Waals surface area contributed by atoms with Gasteiger partial charge in [0.05, 0.1) is 16.3 Å². The van der Waals surface area contributed by atoms with Crippen LogP contribution in [0.15, 0.2) is 53.1 Å². The van der Waals surface area contributed by atoms with Gasteiger partial charge in [-0.1, -0.05) is 29.8 Å². The number of fused-ring (bicyclic) bond motifs is 1. The summed E-state index contributed by atoms with van der Waals surface area (Å²) in [5.41, 5.74) is 3.18. The number of aryl methyl sites for hydroxylation is 1. The van der Waals surface area contributed by atoms with Gasteiger partial charge >= 0.3 is 0 Å². The average Bonchev–Trinajstić information content (AvgIpc) is 3.10. The van der Waals surface area contributed by atoms with Crippen LogP contribution in [0.5, 0.6) is 0 Å². The molecule has 108 valence electrons. The van der Waals surface area contributed by atoms with Gasteiger partial charge in [0.25, 0.3) is 5.89 Å². The number of hydrogen-bond acceptors (Lipinski definition) is 4. The molecule has 0 saturated carbocycles. The van der Waals surface area contributed by atoms with Crippen LogP contribution in [-0.4, -0.2) is 19.6 Å². The van der Waals surface area contributed by atoms with Crippen molar-refractivity contribution in [2.24, 2.45) is 0 Å². The zero-order valence-electron chi connectivity index (χ0n) is 11.7. The first-order chi connectivity index (χ1) is 10.7. The van der Waals surface area contributed by atoms with E-state index in [1.54, 1.807) is 6.07 Å². The predicted octanol–water partition coefficient (Wildman–Crippen LogP) is 4.01. The molecular formula is C16H11ClN4O. The molecule has 0 N–H and O–H groups in total. The zero-order valence-corrected chi connectivity index (χ0v) is 12.4. The maximum absolute atomic E-state index is 6.17. The van der Waals surface area contributed by atoms with Crippen molar-refractivity contribution in [2.45, 2.75) is 6.92 Å². The summed E-state index contributed by atoms with van der Waals surface area (Å²) < 4.78 is 7.75. The van der Waals surface area contributed by atoms with Gasteiger partial charge in [0, 0.05) is 6.20 Å². The average molecular weight is 311 g/mol. The second kappa shape index (κ2) is 4.96. The third-order valence-corrected chi connectivity index (χ3v) is 3.77. The highest BCUT2D eigenvalue weighted by Crippen LogP contribution is 2.30. The number of rotatable bonds is 2. The van der Waals surface area contributed by atoms with E-state index in [4.69, 9.17) is 16.0 Å². The summed E-state index contributed by atoms with van der Waals surface area (Å²) >= 11 is 6.17. The summed E-state index contributed by atoms with van der Waals surface area (Å²) in [4.78, 5) is 4.50. The van der Waals surface area contributed by atoms with Crippen LogP contribution in [0.4, 0.5) is 0 Å². The molecule has 0 aliphatic rings. The Morgan fingerprint density at radius 1 is 1.00 bits per heavy atom. The normalized spacial score (nSPS) is 11.2. The molecule has 0 radical (unpaired) electrons. The fourth-order valence-electron chi connectivity index (χ4n) is 2.43. The van der Waals surface area contributed by atoms with E-state index >= 15 is 0 Å². The highest BCUT2D eigenvalue weighted by molar-refractivity contribution is 6.33. The Morgan fingerprint density at radius 3 is 2.64 bits per heavy atom. The lowest BCUT2D eigenvalue weighted by Gasteiger charge is -1.98. The Labute approximate surface area is 131 Å². The largest absolute Gasteiger partial charge is 0.415 e. The molecule has 6 heteroatoms. The van der Waals surface area contributed by atoms with E-state index in [9.17, 15) is 0 Å². The number of imidazole rings is 1. The molecule has 0 unspecified atom stereocenters. The van der Waals surface area contributed by atoms with Crippen molar-refractivity contribution in [3.05, 3.63) is 59.4 Å². The molecule has 4 aromatic rings. The van der Waals surface area contributed by atoms with Crippen LogP contribution < -0.4 is 0 Å². The Morgan fingerprint density at radius 2 is 1.77 bits per heavy atom. The van der Waals surface area contributed by atoms with Crippen LogP contribution in [0.1, 0.15) is 5.69 Å². The van der Waals surface area contributed by atoms with Crippen molar-refractivity contribution < 1.29 is 4.42 Å². The SMILES string of the molecule is Cc1nc2ccccn2c1-c1nnc(-c2ccccc2Cl)o1. The minimum absolute atomic E-state index is 0.394. The second-order valence-corrected chi connectivity index (χ2v) is 5.27. The smallest absolute Gasteiger partial charge is 0.266 e. The second-order valence-electron chi connectivity index (χ2n) is 4.87. The first-order valence-corrected chi connectivity index (χ1v) is 7.14. The van der Waals surface area contributed by atoms with Crippen molar-refractivity contribution in [1.29, 1.82) is 0 Å². The fraction of sp³-hybridized carbons (Fsp3) is 0.0625. The Bertz CT molecular complexity index is 973. The van der Waals surface area contributed by atoms with Crippen LogP contribution in [-0.2, 0) is 0 Å². The number of pyridine rings is 1. The topological polar surface area (TPSA) is 56.2 Å². The number of halogens is 1. The zero-order chi connectivity index (χ0) is 15.1. The van der Waals surface area contributed by atoms with Gasteiger partial charge in [0.1, 0.15) is 11.3 Å². The third-order valence-electron chi connectivity index (χ3n) is 3.44. The van der Waals surface area contributed by atoms with E-state index in [2.05, 4.69) is 15.2 Å². The molecular weight excluding hydrogens is 300 g/mol. The molecule has 4 rings (SSSR count). The molecule has 0 saturated heterocycles. The summed E-state index contributed by atoms with van der Waals surface area (Å²) in [6.45, 7) is 1.92. The van der Waals surface area contributed by atoms with E-state index < -0.39 is 0 Å². The molecule has 3 aromatic heterocycles. The number of benzene rings is 1. The Kier molecular flexibility index (Phi) is 2.94. The molecule has 0 fully saturated rings. The van der Waals surface area contributed by atoms with Gasteiger partial charge in [-0.15, -0.1) is 10.2 Å². The number of hydrogen-bond donors (Lipinski definition) is 0. The van der Waals surface area contributed by atoms with Gasteiger partial charge in [-0.25, -0.2) is 4.98 Å². The molecule has 0 bridgehead atoms. The monoisotopic (exact) mass is 310 g/mol. The van der Waals surface area contributed by atoms with Crippen LogP contribution in [0.25, 0.3) is 28.7 Å². The van der Waals surface area contributed by atoms with E-state index in [0.29, 0.717) is 16.8 Å². The van der Waals surface area contributed by atoms with Gasteiger partial charge in [-0.3, -0.25) is 4.40 Å². The summed E-state index contributed by atoms with van der Waals surface area (Å²) in [5, 5.41) is 8.84. The van der Waals surface area contributed by atoms with E-state index in [0.717, 1.165) is 22.6 Å². The first kappa shape index (κ1) is 13.0. The van der Waals surface area contributed by atoms with Crippen LogP contribution >= 0.6 is 11.6 Å². The summed E-state index contributed by atoms with van der Waals surface area (Å²) in [7, 11) is 0. The van der Waals surface area contributed by atoms with Crippen molar-refractivity contribution >= 4 is 17.2 Å². The maximum Gasteiger partial charge on any atom is 0.266 e. The molecule has 3 heterocycles. The van der Waals surface area contributed by atoms with Crippen molar-refractivity contribution in [2.75, 3.05) is 0 Å². The van der Waals surface area contributed by atoms with Crippen molar-refractivity contribution in [1.82, 2.24) is 19.6 Å². The Hall–Kier alpha value is -2.66. The number of aromatic nitrogens is 4. The summed E-state index contributed by atoms with van der Waals surface area (Å²) in [6.07, 6.45) is 1.92. The standard InChI is InChI=1S/C16H11ClN4O/c1-10-14(21-9-5-4-8-13(21)18-10)16-20-19-15(22-16)11-6-2-3-7-12(11)17/h2-9H,1H3. The molecule has 5 nitrogen and oxygen atoms in total. The van der Waals surface area contributed by atoms with Gasteiger partial charge in [0.15, 0.2) is 0 Å². The summed E-state index contributed by atoms with van der Waals surface area (Å²) in [6, 6.07) is 13.2. The van der Waals surface area contributed by atoms with Gasteiger partial charge in [0.2, 0.25) is 5.89 Å². The third kappa shape index (κ3) is 1.98. The van der Waals surface area contributed by atoms with Crippen LogP contribution in [0, 0.1) is 6.92 Å². The molecule has 22 heavy (non-hydrogen) atoms. The van der Waals surface area contributed by atoms with E-state index in [1.807, 2.05) is 53.9 Å². The minimum atomic E-state index is 0.394. The van der Waals surface area contributed by atoms with Crippen LogP contribution in [0.2, 0.25) is 5.02 Å². The molecule has 0 atom stereocenters. The van der Waals surface area contributed by atoms with Crippen LogP contribution in [0.3, 0.4) is 0 Å². The highest BCUT2D eigenvalue weighted by atomic mass is 35.5. The summed E-state index contributed by atoms with van der Waals surface area (Å²) in [5.74, 6) is 0.817. The van der Waals surface area contributed by atoms with Crippen molar-refractivity contribution in [3.8, 4) is 23.0 Å². The molecule has 0 amide bonds. The van der Waals surface area contributed by atoms with Gasteiger partial charge in [-0.2, -0.15) is 0 Å². The van der Waals surface area contributed by atoms with Gasteiger partial charge < -0.3 is 4.42 Å². The van der Waals surface area contributed by atoms with Crippen molar-refractivity contribution in [3.63, 3.8) is 0 Å². The number of nitrogens with zero attached hydrogens (tertiary/aromatic N) is 4. The fourth-order valence-corrected chi connectivity index (χ4v) is 2.65.